The number of aliphatic hydroxyl groups is 22. The van der Waals surface area contributed by atoms with Gasteiger partial charge in [0.2, 0.25) is 6.29 Å². The van der Waals surface area contributed by atoms with Crippen molar-refractivity contribution in [1.82, 2.24) is 0 Å². The predicted molar refractivity (Wildman–Crippen MR) is 465 cm³/mol. The molecule has 13 rings (SSSR count). The van der Waals surface area contributed by atoms with Gasteiger partial charge in [-0.25, -0.2) is 9.59 Å². The van der Waals surface area contributed by atoms with Crippen LogP contribution in [0.4, 0.5) is 0 Å². The molecule has 8 saturated heterocycles. The van der Waals surface area contributed by atoms with Crippen LogP contribution in [-0.4, -0.2) is 421 Å². The number of carbonyl (C=O) groups excluding carboxylic acids is 3. The van der Waals surface area contributed by atoms with Crippen molar-refractivity contribution in [3.05, 3.63) is 60.3 Å². The number of fused-ring (bicyclic) bond motifs is 7. The van der Waals surface area contributed by atoms with Crippen molar-refractivity contribution in [3.63, 3.8) is 0 Å². The monoisotopic (exact) mass is 1960 g/mol. The van der Waals surface area contributed by atoms with Crippen LogP contribution in [0.2, 0.25) is 0 Å². The first-order valence-electron chi connectivity index (χ1n) is 47.7. The number of ether oxygens (including phenoxy) is 18. The minimum atomic E-state index is -2.28. The zero-order valence-corrected chi connectivity index (χ0v) is 79.5. The molecule has 4 saturated carbocycles. The van der Waals surface area contributed by atoms with E-state index in [1.54, 1.807) is 0 Å². The van der Waals surface area contributed by atoms with Gasteiger partial charge in [0, 0.05) is 5.57 Å². The van der Waals surface area contributed by atoms with Crippen molar-refractivity contribution < 1.29 is 212 Å². The molecule has 137 heavy (non-hydrogen) atoms. The molecule has 0 aromatic carbocycles. The molecule has 43 nitrogen and oxygen atoms in total. The van der Waals surface area contributed by atoms with E-state index in [-0.39, 0.29) is 61.5 Å². The summed E-state index contributed by atoms with van der Waals surface area (Å²) in [6.45, 7) is 24.8. The molecule has 13 aliphatic rings. The Balaban J connectivity index is 0.767. The third-order valence-electron chi connectivity index (χ3n) is 32.4. The van der Waals surface area contributed by atoms with Crippen LogP contribution in [0.1, 0.15) is 167 Å². The molecule has 43 heteroatoms. The topological polar surface area (TPSA) is 662 Å². The fourth-order valence-corrected chi connectivity index (χ4v) is 23.4. The van der Waals surface area contributed by atoms with Crippen molar-refractivity contribution in [1.29, 1.82) is 0 Å². The van der Waals surface area contributed by atoms with E-state index >= 15 is 4.79 Å². The molecule has 47 unspecified atom stereocenters. The SMILES string of the molecule is C=CC(C)(O)CCC=C(C)C(=O)OC1C(O)C(C)OC(OCC2OC(OC(=O)C34CCC(C)(C)CC3C3=CCC5C6(C)CCC(OC7OC(COC8OCC(O)C(O)C8OC8OCC(O)C(O)C8O)C(O)C(O)C7O)C(C)(C)C6CCC5(C)C3(C)CC4O)C(OC3OC(C)C(OC4OCC(O)C(OC5OCC(O)C(O)C5O)C4O)C(O)C3O)C(O)C2O)C1OC(=O)C(=CCCC(C)(O)C=C)CO. The molecule has 0 bridgehead atoms. The zero-order chi connectivity index (χ0) is 101. The highest BCUT2D eigenvalue weighted by Crippen LogP contribution is 2.76. The maximum Gasteiger partial charge on any atom is 0.336 e. The Kier molecular flexibility index (Phi) is 34.8. The van der Waals surface area contributed by atoms with E-state index < -0.39 is 347 Å². The number of allylic oxidation sites excluding steroid dienone is 4. The Labute approximate surface area is 794 Å². The summed E-state index contributed by atoms with van der Waals surface area (Å²) in [4.78, 5) is 45.0. The number of aliphatic hydroxyl groups excluding tert-OH is 20. The number of carbonyl (C=O) groups is 3. The van der Waals surface area contributed by atoms with Crippen molar-refractivity contribution in [3.8, 4) is 0 Å². The van der Waals surface area contributed by atoms with E-state index in [1.165, 1.54) is 58.9 Å². The molecule has 0 aromatic rings. The van der Waals surface area contributed by atoms with Gasteiger partial charge in [-0.05, 0) is 163 Å². The third kappa shape index (κ3) is 22.1. The molecule has 47 atom stereocenters. The van der Waals surface area contributed by atoms with Gasteiger partial charge >= 0.3 is 17.9 Å². The van der Waals surface area contributed by atoms with Crippen LogP contribution in [0.5, 0.6) is 0 Å². The standard InChI is InChI=1S/C94H148O43/c1-15-89(10,118)25-17-19-40(3)76(115)131-72-56(101)41(4)126-84(75(72)132-77(116)43(33-95)20-18-26-90(11,119)16-2)125-39-51-61(106)63(108)74(136-81-68(113)64(109)70(42(5)127-81)133-80-69(114)71(49(99)37-122-80)134-78-65(110)57(102)46(96)34-120-78)85(129-51)137-86(117)94-30-29-87(6,7)31-45(94)44-21-22-53-91(12)27-24-55(88(8,9)52(91)23-28-92(53,13)93(44,14)32-54(94)100)130-82-67(112)62(107)60(105)50(128-82)38-124-83-73(59(104)48(98)36-123-83)135-79-66(111)58(103)47(97)35-121-79/h15-16,19-21,41-42,45-75,78-85,95-114,118-119H,1-2,17-18,22-39H2,3-14H3. The fraction of sp³-hybridized carbons (Fsp3) is 0.862. The van der Waals surface area contributed by atoms with Crippen LogP contribution in [0.25, 0.3) is 0 Å². The van der Waals surface area contributed by atoms with Gasteiger partial charge in [-0.3, -0.25) is 4.79 Å². The first kappa shape index (κ1) is 110. The van der Waals surface area contributed by atoms with Crippen LogP contribution in [-0.2, 0) is 99.6 Å². The maximum atomic E-state index is 16.6. The highest BCUT2D eigenvalue weighted by Gasteiger charge is 2.73. The van der Waals surface area contributed by atoms with Crippen molar-refractivity contribution in [2.24, 2.45) is 50.2 Å². The van der Waals surface area contributed by atoms with Gasteiger partial charge in [-0.15, -0.1) is 13.2 Å². The van der Waals surface area contributed by atoms with Gasteiger partial charge in [-0.2, -0.15) is 0 Å². The molecule has 12 fully saturated rings. The fourth-order valence-electron chi connectivity index (χ4n) is 23.4. The lowest BCUT2D eigenvalue weighted by Crippen LogP contribution is -2.69. The van der Waals surface area contributed by atoms with Crippen molar-refractivity contribution in [2.75, 3.05) is 46.2 Å². The maximum absolute atomic E-state index is 16.6. The van der Waals surface area contributed by atoms with Crippen molar-refractivity contribution >= 4 is 17.9 Å². The molecule has 22 N–H and O–H groups in total. The first-order chi connectivity index (χ1) is 64.1. The van der Waals surface area contributed by atoms with Crippen LogP contribution in [0.3, 0.4) is 0 Å². The van der Waals surface area contributed by atoms with Crippen LogP contribution < -0.4 is 0 Å². The second kappa shape index (κ2) is 43.3. The molecular weight excluding hydrogens is 1820 g/mol. The van der Waals surface area contributed by atoms with Gasteiger partial charge in [0.15, 0.2) is 62.3 Å². The number of rotatable bonds is 31. The summed E-state index contributed by atoms with van der Waals surface area (Å²) >= 11 is 0. The van der Waals surface area contributed by atoms with Gasteiger partial charge in [0.05, 0.1) is 87.4 Å². The van der Waals surface area contributed by atoms with E-state index in [2.05, 4.69) is 67.7 Å². The minimum absolute atomic E-state index is 0.00705. The lowest BCUT2D eigenvalue weighted by atomic mass is 9.33. The third-order valence-corrected chi connectivity index (χ3v) is 32.4. The van der Waals surface area contributed by atoms with Gasteiger partial charge < -0.3 is 198 Å². The molecule has 0 radical (unpaired) electrons. The molecule has 0 amide bonds. The number of hydrogen-bond acceptors (Lipinski definition) is 43. The molecule has 0 spiro atoms. The first-order valence-corrected chi connectivity index (χ1v) is 47.7. The lowest BCUT2D eigenvalue weighted by molar-refractivity contribution is -0.381. The molecule has 0 aromatic heterocycles. The highest BCUT2D eigenvalue weighted by molar-refractivity contribution is 5.89. The van der Waals surface area contributed by atoms with Crippen LogP contribution in [0, 0.1) is 50.2 Å². The Morgan fingerprint density at radius 1 is 0.460 bits per heavy atom. The predicted octanol–water partition coefficient (Wildman–Crippen LogP) is -3.75. The summed E-state index contributed by atoms with van der Waals surface area (Å²) in [7, 11) is 0. The number of hydrogen-bond donors (Lipinski definition) is 22. The average Bonchev–Trinajstić information content (AvgIpc) is 0.668. The number of esters is 3. The molecule has 5 aliphatic carbocycles. The average molecular weight is 1970 g/mol. The van der Waals surface area contributed by atoms with E-state index in [4.69, 9.17) is 85.3 Å². The van der Waals surface area contributed by atoms with E-state index in [1.807, 2.05) is 0 Å². The van der Waals surface area contributed by atoms with E-state index in [9.17, 15) is 122 Å². The van der Waals surface area contributed by atoms with Crippen LogP contribution >= 0.6 is 0 Å². The largest absolute Gasteiger partial charge is 0.452 e. The Morgan fingerprint density at radius 3 is 1.55 bits per heavy atom. The van der Waals surface area contributed by atoms with E-state index in [0.717, 1.165) is 5.57 Å². The highest BCUT2D eigenvalue weighted by atomic mass is 16.8. The second-order valence-electron chi connectivity index (χ2n) is 42.6. The second-order valence-corrected chi connectivity index (χ2v) is 42.6. The van der Waals surface area contributed by atoms with Gasteiger partial charge in [-0.1, -0.05) is 84.4 Å². The van der Waals surface area contributed by atoms with Gasteiger partial charge in [0.25, 0.3) is 0 Å². The molecular formula is C94H148O43. The zero-order valence-electron chi connectivity index (χ0n) is 79.5. The molecule has 8 aliphatic heterocycles. The Morgan fingerprint density at radius 2 is 0.949 bits per heavy atom. The Bertz CT molecular complexity index is 4190. The van der Waals surface area contributed by atoms with E-state index in [0.29, 0.717) is 44.9 Å². The Hall–Kier alpha value is -4.37. The quantitative estimate of drug-likeness (QED) is 0.0104. The van der Waals surface area contributed by atoms with Crippen LogP contribution in [0.15, 0.2) is 60.3 Å². The summed E-state index contributed by atoms with van der Waals surface area (Å²) in [6.07, 6.45) is -54.9. The minimum Gasteiger partial charge on any atom is -0.452 e. The summed E-state index contributed by atoms with van der Waals surface area (Å²) in [5, 5.41) is 248. The smallest absolute Gasteiger partial charge is 0.336 e. The van der Waals surface area contributed by atoms with Gasteiger partial charge in [0.1, 0.15) is 146 Å². The summed E-state index contributed by atoms with van der Waals surface area (Å²) < 4.78 is 109. The molecule has 782 valence electrons. The normalized spacial score (nSPS) is 48.3. The summed E-state index contributed by atoms with van der Waals surface area (Å²) in [5.41, 5.74) is -7.15. The summed E-state index contributed by atoms with van der Waals surface area (Å²) in [5.74, 6) is -4.27. The van der Waals surface area contributed by atoms with Crippen molar-refractivity contribution in [2.45, 2.75) is 411 Å². The lowest BCUT2D eigenvalue weighted by Gasteiger charge is -2.71. The summed E-state index contributed by atoms with van der Waals surface area (Å²) in [6, 6.07) is 0. The molecule has 8 heterocycles.